The molecule has 2 aromatic heterocycles. The number of nitrogens with zero attached hydrogens (tertiary/aromatic N) is 4. The van der Waals surface area contributed by atoms with Gasteiger partial charge < -0.3 is 14.6 Å². The van der Waals surface area contributed by atoms with Crippen LogP contribution < -0.4 is 5.32 Å². The van der Waals surface area contributed by atoms with E-state index in [-0.39, 0.29) is 11.9 Å². The van der Waals surface area contributed by atoms with E-state index < -0.39 is 0 Å². The van der Waals surface area contributed by atoms with Gasteiger partial charge in [-0.2, -0.15) is 5.10 Å². The maximum absolute atomic E-state index is 12.0. The first-order valence-electron chi connectivity index (χ1n) is 6.47. The molecule has 1 N–H and O–H groups in total. The van der Waals surface area contributed by atoms with E-state index >= 15 is 0 Å². The van der Waals surface area contributed by atoms with Crippen LogP contribution in [0.2, 0.25) is 0 Å². The number of imidazole rings is 1. The molecule has 0 saturated carbocycles. The second-order valence-electron chi connectivity index (χ2n) is 4.45. The van der Waals surface area contributed by atoms with Crippen molar-refractivity contribution in [3.05, 3.63) is 36.7 Å². The normalized spacial score (nSPS) is 12.3. The van der Waals surface area contributed by atoms with Gasteiger partial charge in [-0.1, -0.05) is 0 Å². The quantitative estimate of drug-likeness (QED) is 0.804. The van der Waals surface area contributed by atoms with Crippen LogP contribution in [-0.4, -0.2) is 39.0 Å². The predicted octanol–water partition coefficient (Wildman–Crippen LogP) is 0.603. The van der Waals surface area contributed by atoms with E-state index in [4.69, 9.17) is 4.74 Å². The lowest BCUT2D eigenvalue weighted by molar-refractivity contribution is -0.124. The van der Waals surface area contributed by atoms with Crippen LogP contribution in [0, 0.1) is 0 Å². The van der Waals surface area contributed by atoms with Gasteiger partial charge in [0.05, 0.1) is 25.2 Å². The van der Waals surface area contributed by atoms with E-state index in [1.54, 1.807) is 42.8 Å². The second-order valence-corrected chi connectivity index (χ2v) is 4.45. The molecule has 20 heavy (non-hydrogen) atoms. The molecule has 0 saturated heterocycles. The largest absolute Gasteiger partial charge is 0.383 e. The summed E-state index contributed by atoms with van der Waals surface area (Å²) in [6.07, 6.45) is 6.91. The maximum atomic E-state index is 12.0. The zero-order valence-corrected chi connectivity index (χ0v) is 11.7. The summed E-state index contributed by atoms with van der Waals surface area (Å²) in [7, 11) is 1.66. The van der Waals surface area contributed by atoms with Crippen molar-refractivity contribution in [3.63, 3.8) is 0 Å². The second kappa shape index (κ2) is 6.85. The summed E-state index contributed by atoms with van der Waals surface area (Å²) in [5.74, 6) is -0.0757. The van der Waals surface area contributed by atoms with E-state index in [1.807, 2.05) is 11.5 Å². The molecule has 0 aliphatic heterocycles. The molecule has 0 bridgehead atoms. The van der Waals surface area contributed by atoms with Gasteiger partial charge in [-0.25, -0.2) is 4.98 Å². The topological polar surface area (TPSA) is 74.0 Å². The summed E-state index contributed by atoms with van der Waals surface area (Å²) in [4.78, 5) is 16.1. The lowest BCUT2D eigenvalue weighted by atomic mass is 10.3. The Labute approximate surface area is 117 Å². The molecule has 0 aliphatic rings. The first-order chi connectivity index (χ1) is 9.72. The molecular formula is C13H19N5O2. The molecule has 7 nitrogen and oxygen atoms in total. The molecule has 1 amide bonds. The van der Waals surface area contributed by atoms with Gasteiger partial charge in [-0.3, -0.25) is 9.48 Å². The fraction of sp³-hybridized carbons (Fsp3) is 0.462. The summed E-state index contributed by atoms with van der Waals surface area (Å²) in [5, 5.41) is 6.95. The zero-order chi connectivity index (χ0) is 14.4. The number of rotatable bonds is 7. The number of ether oxygens (including phenoxy) is 1. The van der Waals surface area contributed by atoms with E-state index in [1.165, 1.54) is 0 Å². The van der Waals surface area contributed by atoms with Crippen LogP contribution in [0.25, 0.3) is 0 Å². The average Bonchev–Trinajstić information content (AvgIpc) is 3.12. The Morgan fingerprint density at radius 2 is 2.40 bits per heavy atom. The molecule has 1 atom stereocenters. The highest BCUT2D eigenvalue weighted by atomic mass is 16.5. The lowest BCUT2D eigenvalue weighted by Gasteiger charge is -2.13. The number of nitrogens with one attached hydrogen (secondary N) is 1. The van der Waals surface area contributed by atoms with Crippen LogP contribution in [0.3, 0.4) is 0 Å². The summed E-state index contributed by atoms with van der Waals surface area (Å²) in [5.41, 5.74) is 0.947. The smallest absolute Gasteiger partial charge is 0.244 e. The van der Waals surface area contributed by atoms with E-state index in [0.29, 0.717) is 13.2 Å². The number of hydrogen-bond donors (Lipinski definition) is 1. The van der Waals surface area contributed by atoms with Crippen molar-refractivity contribution in [1.29, 1.82) is 0 Å². The highest BCUT2D eigenvalue weighted by Gasteiger charge is 2.15. The number of hydrogen-bond acceptors (Lipinski definition) is 4. The molecule has 7 heteroatoms. The highest BCUT2D eigenvalue weighted by molar-refractivity contribution is 5.79. The van der Waals surface area contributed by atoms with Gasteiger partial charge in [0.15, 0.2) is 0 Å². The first-order valence-corrected chi connectivity index (χ1v) is 6.47. The molecular weight excluding hydrogens is 258 g/mol. The van der Waals surface area contributed by atoms with Gasteiger partial charge in [0.25, 0.3) is 0 Å². The molecule has 0 spiro atoms. The van der Waals surface area contributed by atoms with E-state index in [9.17, 15) is 4.79 Å². The standard InChI is InChI=1S/C13H19N5O2/c1-11(18-5-3-4-16-18)13(19)15-9-12-8-14-10-17(12)6-7-20-2/h3-5,8,10-11H,6-7,9H2,1-2H3,(H,15,19)/t11-/m1/s1. The van der Waals surface area contributed by atoms with Gasteiger partial charge in [0.2, 0.25) is 5.91 Å². The Balaban J connectivity index is 1.88. The van der Waals surface area contributed by atoms with Gasteiger partial charge in [-0.15, -0.1) is 0 Å². The molecule has 2 aromatic rings. The summed E-state index contributed by atoms with van der Waals surface area (Å²) >= 11 is 0. The minimum Gasteiger partial charge on any atom is -0.383 e. The third-order valence-corrected chi connectivity index (χ3v) is 3.08. The molecule has 0 unspecified atom stereocenters. The minimum atomic E-state index is -0.333. The zero-order valence-electron chi connectivity index (χ0n) is 11.7. The highest BCUT2D eigenvalue weighted by Crippen LogP contribution is 2.04. The van der Waals surface area contributed by atoms with Gasteiger partial charge in [-0.05, 0) is 13.0 Å². The Kier molecular flexibility index (Phi) is 4.89. The molecule has 0 radical (unpaired) electrons. The van der Waals surface area contributed by atoms with Crippen molar-refractivity contribution >= 4 is 5.91 Å². The van der Waals surface area contributed by atoms with Crippen molar-refractivity contribution in [3.8, 4) is 0 Å². The molecule has 0 aliphatic carbocycles. The van der Waals surface area contributed by atoms with Crippen LogP contribution in [0.5, 0.6) is 0 Å². The molecule has 0 aromatic carbocycles. The Morgan fingerprint density at radius 3 is 3.10 bits per heavy atom. The fourth-order valence-electron chi connectivity index (χ4n) is 1.84. The van der Waals surface area contributed by atoms with Crippen molar-refractivity contribution in [2.24, 2.45) is 0 Å². The average molecular weight is 277 g/mol. The third kappa shape index (κ3) is 3.45. The summed E-state index contributed by atoms with van der Waals surface area (Å²) in [6.45, 7) is 3.58. The van der Waals surface area contributed by atoms with Crippen LogP contribution in [0.1, 0.15) is 18.7 Å². The summed E-state index contributed by atoms with van der Waals surface area (Å²) < 4.78 is 8.62. The van der Waals surface area contributed by atoms with Crippen molar-refractivity contribution in [2.75, 3.05) is 13.7 Å². The molecule has 2 heterocycles. The molecule has 2 rings (SSSR count). The van der Waals surface area contributed by atoms with Crippen molar-refractivity contribution < 1.29 is 9.53 Å². The minimum absolute atomic E-state index is 0.0757. The Morgan fingerprint density at radius 1 is 1.55 bits per heavy atom. The predicted molar refractivity (Wildman–Crippen MR) is 72.9 cm³/mol. The number of carbonyl (C=O) groups is 1. The number of carbonyl (C=O) groups excluding carboxylic acids is 1. The third-order valence-electron chi connectivity index (χ3n) is 3.08. The first kappa shape index (κ1) is 14.3. The van der Waals surface area contributed by atoms with Crippen LogP contribution >= 0.6 is 0 Å². The number of amides is 1. The summed E-state index contributed by atoms with van der Waals surface area (Å²) in [6, 6.07) is 1.46. The van der Waals surface area contributed by atoms with Gasteiger partial charge in [0.1, 0.15) is 6.04 Å². The maximum Gasteiger partial charge on any atom is 0.244 e. The van der Waals surface area contributed by atoms with Gasteiger partial charge >= 0.3 is 0 Å². The van der Waals surface area contributed by atoms with Crippen LogP contribution in [0.4, 0.5) is 0 Å². The molecule has 0 fully saturated rings. The fourth-order valence-corrected chi connectivity index (χ4v) is 1.84. The number of aromatic nitrogens is 4. The van der Waals surface area contributed by atoms with Crippen molar-refractivity contribution in [1.82, 2.24) is 24.6 Å². The Hall–Kier alpha value is -2.15. The monoisotopic (exact) mass is 277 g/mol. The van der Waals surface area contributed by atoms with E-state index in [0.717, 1.165) is 12.2 Å². The van der Waals surface area contributed by atoms with E-state index in [2.05, 4.69) is 15.4 Å². The Bertz CT molecular complexity index is 535. The van der Waals surface area contributed by atoms with Crippen LogP contribution in [0.15, 0.2) is 31.0 Å². The van der Waals surface area contributed by atoms with Crippen LogP contribution in [-0.2, 0) is 22.6 Å². The van der Waals surface area contributed by atoms with Crippen molar-refractivity contribution in [2.45, 2.75) is 26.1 Å². The SMILES string of the molecule is COCCn1cncc1CNC(=O)[C@@H](C)n1cccn1. The lowest BCUT2D eigenvalue weighted by Crippen LogP contribution is -2.31. The number of methoxy groups -OCH3 is 1. The van der Waals surface area contributed by atoms with Gasteiger partial charge in [0, 0.05) is 32.2 Å². The molecule has 108 valence electrons.